The largest absolute Gasteiger partial charge is 0.319 e. The molecule has 1 amide bonds. The van der Waals surface area contributed by atoms with E-state index in [9.17, 15) is 13.6 Å². The van der Waals surface area contributed by atoms with E-state index < -0.39 is 23.1 Å². The number of carbonyl (C=O) groups is 1. The van der Waals surface area contributed by atoms with Crippen molar-refractivity contribution in [3.8, 4) is 0 Å². The lowest BCUT2D eigenvalue weighted by Gasteiger charge is -2.01. The lowest BCUT2D eigenvalue weighted by Crippen LogP contribution is -2.14. The third-order valence-electron chi connectivity index (χ3n) is 3.80. The summed E-state index contributed by atoms with van der Waals surface area (Å²) in [6.07, 6.45) is 0. The highest BCUT2D eigenvalue weighted by molar-refractivity contribution is 7.16. The number of carbonyl (C=O) groups excluding carboxylic acids is 1. The molecule has 0 aliphatic heterocycles. The first kappa shape index (κ1) is 15.6. The highest BCUT2D eigenvalue weighted by atomic mass is 32.1. The number of amides is 1. The zero-order chi connectivity index (χ0) is 16.7. The van der Waals surface area contributed by atoms with Gasteiger partial charge < -0.3 is 4.57 Å². The minimum absolute atomic E-state index is 0.401. The summed E-state index contributed by atoms with van der Waals surface area (Å²) < 4.78 is 30.1. The number of aryl methyl sites for hydroxylation is 3. The van der Waals surface area contributed by atoms with Gasteiger partial charge in [-0.1, -0.05) is 17.4 Å². The van der Waals surface area contributed by atoms with Crippen LogP contribution in [0.3, 0.4) is 0 Å². The van der Waals surface area contributed by atoms with Crippen LogP contribution in [-0.2, 0) is 7.05 Å². The second-order valence-corrected chi connectivity index (χ2v) is 6.37. The van der Waals surface area contributed by atoms with E-state index in [0.717, 1.165) is 33.5 Å². The molecule has 0 radical (unpaired) electrons. The minimum atomic E-state index is -0.920. The van der Waals surface area contributed by atoms with E-state index in [1.54, 1.807) is 11.6 Å². The van der Waals surface area contributed by atoms with E-state index in [4.69, 9.17) is 0 Å². The summed E-state index contributed by atoms with van der Waals surface area (Å²) in [4.78, 5) is 16.5. The van der Waals surface area contributed by atoms with Crippen molar-refractivity contribution in [2.45, 2.75) is 13.8 Å². The number of rotatable bonds is 1. The molecule has 2 aromatic carbocycles. The van der Waals surface area contributed by atoms with Gasteiger partial charge in [-0.05, 0) is 49.2 Å². The number of hydrogen-bond donors (Lipinski definition) is 0. The maximum atomic E-state index is 13.7. The summed E-state index contributed by atoms with van der Waals surface area (Å²) in [6.45, 7) is 4.01. The van der Waals surface area contributed by atoms with Gasteiger partial charge in [-0.25, -0.2) is 8.78 Å². The maximum Gasteiger partial charge on any atom is 0.285 e. The van der Waals surface area contributed by atoms with Gasteiger partial charge in [0.25, 0.3) is 5.91 Å². The standard InChI is InChI=1S/C17H14F2N2OS/c1-9-7-13-14(8-10(9)2)23-17(21(13)3)20-16(22)15-11(18)5-4-6-12(15)19/h4-8H,1-3H3. The third-order valence-corrected chi connectivity index (χ3v) is 4.89. The van der Waals surface area contributed by atoms with Crippen molar-refractivity contribution in [3.05, 3.63) is 63.5 Å². The number of fused-ring (bicyclic) bond motifs is 1. The van der Waals surface area contributed by atoms with Crippen LogP contribution in [-0.4, -0.2) is 10.5 Å². The number of thiazole rings is 1. The van der Waals surface area contributed by atoms with Gasteiger partial charge in [0.2, 0.25) is 0 Å². The molecule has 0 bridgehead atoms. The fourth-order valence-electron chi connectivity index (χ4n) is 2.33. The summed E-state index contributed by atoms with van der Waals surface area (Å²) >= 11 is 1.31. The van der Waals surface area contributed by atoms with Gasteiger partial charge in [-0.15, -0.1) is 0 Å². The summed E-state index contributed by atoms with van der Waals surface area (Å²) in [6, 6.07) is 7.33. The van der Waals surface area contributed by atoms with Crippen LogP contribution in [0.25, 0.3) is 10.2 Å². The first-order chi connectivity index (χ1) is 10.9. The Morgan fingerprint density at radius 1 is 1.13 bits per heavy atom. The van der Waals surface area contributed by atoms with Gasteiger partial charge in [0.1, 0.15) is 17.2 Å². The van der Waals surface area contributed by atoms with Crippen molar-refractivity contribution in [1.82, 2.24) is 4.57 Å². The van der Waals surface area contributed by atoms with E-state index in [1.165, 1.54) is 17.4 Å². The number of aromatic nitrogens is 1. The normalized spacial score (nSPS) is 12.1. The quantitative estimate of drug-likeness (QED) is 0.666. The fourth-order valence-corrected chi connectivity index (χ4v) is 3.43. The number of hydrogen-bond acceptors (Lipinski definition) is 2. The van der Waals surface area contributed by atoms with Crippen LogP contribution >= 0.6 is 11.3 Å². The highest BCUT2D eigenvalue weighted by Crippen LogP contribution is 2.21. The Bertz CT molecular complexity index is 981. The van der Waals surface area contributed by atoms with Gasteiger partial charge in [-0.3, -0.25) is 4.79 Å². The Morgan fingerprint density at radius 3 is 2.39 bits per heavy atom. The van der Waals surface area contributed by atoms with Gasteiger partial charge >= 0.3 is 0 Å². The summed E-state index contributed by atoms with van der Waals surface area (Å²) in [5.41, 5.74) is 2.57. The molecule has 0 N–H and O–H groups in total. The smallest absolute Gasteiger partial charge is 0.285 e. The highest BCUT2D eigenvalue weighted by Gasteiger charge is 2.17. The van der Waals surface area contributed by atoms with Crippen LogP contribution in [0.2, 0.25) is 0 Å². The Morgan fingerprint density at radius 2 is 1.74 bits per heavy atom. The molecule has 6 heteroatoms. The van der Waals surface area contributed by atoms with Crippen molar-refractivity contribution >= 4 is 27.5 Å². The third kappa shape index (κ3) is 2.70. The molecule has 0 aliphatic carbocycles. The number of benzene rings is 2. The molecule has 3 rings (SSSR count). The molecule has 1 aromatic heterocycles. The lowest BCUT2D eigenvalue weighted by molar-refractivity contribution is 0.0990. The topological polar surface area (TPSA) is 34.4 Å². The van der Waals surface area contributed by atoms with E-state index in [0.29, 0.717) is 4.80 Å². The van der Waals surface area contributed by atoms with Gasteiger partial charge in [0, 0.05) is 7.05 Å². The molecule has 0 aliphatic rings. The number of nitrogens with zero attached hydrogens (tertiary/aromatic N) is 2. The Balaban J connectivity index is 2.18. The zero-order valence-corrected chi connectivity index (χ0v) is 13.7. The maximum absolute atomic E-state index is 13.7. The first-order valence-corrected chi connectivity index (χ1v) is 7.80. The van der Waals surface area contributed by atoms with Crippen molar-refractivity contribution in [1.29, 1.82) is 0 Å². The van der Waals surface area contributed by atoms with Crippen molar-refractivity contribution < 1.29 is 13.6 Å². The molecule has 3 aromatic rings. The molecule has 3 nitrogen and oxygen atoms in total. The van der Waals surface area contributed by atoms with Crippen LogP contribution in [0.4, 0.5) is 8.78 Å². The van der Waals surface area contributed by atoms with Gasteiger partial charge in [0.05, 0.1) is 10.2 Å². The van der Waals surface area contributed by atoms with E-state index in [2.05, 4.69) is 4.99 Å². The first-order valence-electron chi connectivity index (χ1n) is 6.98. The average Bonchev–Trinajstić information content (AvgIpc) is 2.76. The predicted octanol–water partition coefficient (Wildman–Crippen LogP) is 3.88. The molecule has 118 valence electrons. The molecule has 0 fully saturated rings. The summed E-state index contributed by atoms with van der Waals surface area (Å²) in [7, 11) is 1.78. The molecule has 0 saturated carbocycles. The number of halogens is 2. The second kappa shape index (κ2) is 5.70. The van der Waals surface area contributed by atoms with E-state index in [-0.39, 0.29) is 0 Å². The van der Waals surface area contributed by atoms with Crippen LogP contribution in [0.5, 0.6) is 0 Å². The Hall–Kier alpha value is -2.34. The summed E-state index contributed by atoms with van der Waals surface area (Å²) in [5.74, 6) is -2.74. The average molecular weight is 332 g/mol. The molecule has 1 heterocycles. The molecule has 0 saturated heterocycles. The van der Waals surface area contributed by atoms with Crippen LogP contribution in [0.15, 0.2) is 35.3 Å². The molecule has 23 heavy (non-hydrogen) atoms. The van der Waals surface area contributed by atoms with Crippen LogP contribution in [0.1, 0.15) is 21.5 Å². The fraction of sp³-hybridized carbons (Fsp3) is 0.176. The molecule has 0 unspecified atom stereocenters. The van der Waals surface area contributed by atoms with Gasteiger partial charge in [0.15, 0.2) is 4.80 Å². The van der Waals surface area contributed by atoms with Crippen LogP contribution < -0.4 is 4.80 Å². The van der Waals surface area contributed by atoms with Crippen LogP contribution in [0, 0.1) is 25.5 Å². The van der Waals surface area contributed by atoms with E-state index in [1.807, 2.05) is 26.0 Å². The molecule has 0 spiro atoms. The van der Waals surface area contributed by atoms with Crippen molar-refractivity contribution in [3.63, 3.8) is 0 Å². The minimum Gasteiger partial charge on any atom is -0.319 e. The Kier molecular flexibility index (Phi) is 3.85. The van der Waals surface area contributed by atoms with Crippen molar-refractivity contribution in [2.75, 3.05) is 0 Å². The lowest BCUT2D eigenvalue weighted by atomic mass is 10.1. The molecule has 0 atom stereocenters. The zero-order valence-electron chi connectivity index (χ0n) is 12.9. The summed E-state index contributed by atoms with van der Waals surface area (Å²) in [5, 5.41) is 0. The van der Waals surface area contributed by atoms with E-state index >= 15 is 0 Å². The second-order valence-electron chi connectivity index (χ2n) is 5.36. The predicted molar refractivity (Wildman–Crippen MR) is 86.5 cm³/mol. The molecular formula is C17H14F2N2OS. The van der Waals surface area contributed by atoms with Gasteiger partial charge in [-0.2, -0.15) is 4.99 Å². The van der Waals surface area contributed by atoms with Crippen molar-refractivity contribution in [2.24, 2.45) is 12.0 Å². The Labute approximate surface area is 135 Å². The monoisotopic (exact) mass is 332 g/mol. The SMILES string of the molecule is Cc1cc2sc(=NC(=O)c3c(F)cccc3F)n(C)c2cc1C. The molecular weight excluding hydrogens is 318 g/mol.